The van der Waals surface area contributed by atoms with Crippen LogP contribution in [-0.2, 0) is 14.4 Å². The number of aromatic nitrogens is 3. The lowest BCUT2D eigenvalue weighted by molar-refractivity contribution is -0.144. The number of carbonyl (C=O) groups excluding carboxylic acids is 3. The third-order valence-electron chi connectivity index (χ3n) is 12.2. The van der Waals surface area contributed by atoms with Gasteiger partial charge in [-0.15, -0.1) is 21.5 Å². The lowest BCUT2D eigenvalue weighted by atomic mass is 9.85. The summed E-state index contributed by atoms with van der Waals surface area (Å²) in [5.41, 5.74) is 14.3. The summed E-state index contributed by atoms with van der Waals surface area (Å²) in [6.07, 6.45) is 0.957. The molecule has 4 heterocycles. The Morgan fingerprint density at radius 1 is 0.902 bits per heavy atom. The number of β-amino-alcohol motifs (C(OH)–C–C–N with tert-alkyl or cyclic N) is 1. The van der Waals surface area contributed by atoms with Crippen LogP contribution in [0.25, 0.3) is 32.8 Å². The molecular formula is C47H56N8O5S. The lowest BCUT2D eigenvalue weighted by Gasteiger charge is -2.39. The van der Waals surface area contributed by atoms with Crippen LogP contribution < -0.4 is 16.4 Å². The highest BCUT2D eigenvalue weighted by atomic mass is 32.1. The number of rotatable bonds is 11. The molecule has 0 saturated carbocycles. The fraction of sp³-hybridized carbons (Fsp3) is 0.404. The van der Waals surface area contributed by atoms with Crippen molar-refractivity contribution in [2.75, 3.05) is 25.4 Å². The molecule has 6 N–H and O–H groups in total. The Morgan fingerprint density at radius 3 is 2.21 bits per heavy atom. The van der Waals surface area contributed by atoms with Gasteiger partial charge in [0, 0.05) is 24.1 Å². The van der Waals surface area contributed by atoms with Gasteiger partial charge >= 0.3 is 0 Å². The molecule has 5 atom stereocenters. The summed E-state index contributed by atoms with van der Waals surface area (Å²) in [6.45, 7) is 12.8. The maximum absolute atomic E-state index is 14.3. The average Bonchev–Trinajstić information content (AvgIpc) is 3.87. The minimum absolute atomic E-state index is 0.00675. The number of benzene rings is 3. The fourth-order valence-electron chi connectivity index (χ4n) is 8.45. The largest absolute Gasteiger partial charge is 0.507 e. The first-order valence-electron chi connectivity index (χ1n) is 20.9. The van der Waals surface area contributed by atoms with Gasteiger partial charge in [-0.2, -0.15) is 0 Å². The molecule has 0 aliphatic carbocycles. The van der Waals surface area contributed by atoms with E-state index in [2.05, 4.69) is 42.8 Å². The molecule has 2 saturated heterocycles. The summed E-state index contributed by atoms with van der Waals surface area (Å²) in [5.74, 6) is -0.266. The standard InChI is InChI=1S/C47H56N8O5S/c1-27(30-11-17-34(18-12-30)41-28(2)49-26-61-41)50-45(59)39-23-35(56)25-55(39)46(60)42(47(4,5)6)51-44(58)29(3)54-21-19-32(20-22-54)31-13-15-33(16-14-31)37-24-38(52-53-43(37)48)36-9-7-8-10-40(36)57/h7-18,24,26-27,29,32,35,39,42,56-57H,19-23,25H2,1-6H3,(H2,48,53)(H,50,59)(H,51,58)/t27-,29?,35+,39-,42+/m0/s1. The summed E-state index contributed by atoms with van der Waals surface area (Å²) < 4.78 is 0. The van der Waals surface area contributed by atoms with Crippen molar-refractivity contribution in [1.29, 1.82) is 0 Å². The van der Waals surface area contributed by atoms with Crippen molar-refractivity contribution in [3.05, 3.63) is 101 Å². The van der Waals surface area contributed by atoms with E-state index in [1.165, 1.54) is 10.5 Å². The monoisotopic (exact) mass is 844 g/mol. The van der Waals surface area contributed by atoms with Gasteiger partial charge in [-0.25, -0.2) is 4.98 Å². The van der Waals surface area contributed by atoms with Gasteiger partial charge in [0.2, 0.25) is 17.7 Å². The number of carbonyl (C=O) groups is 3. The number of aliphatic hydroxyl groups is 1. The number of nitrogens with one attached hydrogen (secondary N) is 2. The zero-order valence-electron chi connectivity index (χ0n) is 35.6. The third-order valence-corrected chi connectivity index (χ3v) is 13.2. The average molecular weight is 845 g/mol. The van der Waals surface area contributed by atoms with Crippen LogP contribution >= 0.6 is 11.3 Å². The number of aryl methyl sites for hydroxylation is 1. The van der Waals surface area contributed by atoms with Crippen molar-refractivity contribution in [1.82, 2.24) is 35.6 Å². The van der Waals surface area contributed by atoms with Gasteiger partial charge in [-0.1, -0.05) is 81.4 Å². The van der Waals surface area contributed by atoms with Crippen LogP contribution in [0, 0.1) is 12.3 Å². The molecular weight excluding hydrogens is 789 g/mol. The number of para-hydroxylation sites is 1. The molecule has 3 amide bonds. The van der Waals surface area contributed by atoms with Gasteiger partial charge in [0.15, 0.2) is 5.82 Å². The maximum Gasteiger partial charge on any atom is 0.246 e. The van der Waals surface area contributed by atoms with E-state index in [0.29, 0.717) is 36.1 Å². The van der Waals surface area contributed by atoms with E-state index in [0.717, 1.165) is 45.7 Å². The summed E-state index contributed by atoms with van der Waals surface area (Å²) >= 11 is 1.58. The Labute approximate surface area is 361 Å². The number of thiazole rings is 1. The molecule has 0 bridgehead atoms. The van der Waals surface area contributed by atoms with Crippen molar-refractivity contribution in [3.63, 3.8) is 0 Å². The van der Waals surface area contributed by atoms with Crippen LogP contribution in [0.3, 0.4) is 0 Å². The minimum atomic E-state index is -0.918. The number of aliphatic hydroxyl groups excluding tert-OH is 1. The van der Waals surface area contributed by atoms with Gasteiger partial charge < -0.3 is 31.5 Å². The number of hydrogen-bond acceptors (Lipinski definition) is 11. The highest BCUT2D eigenvalue weighted by Crippen LogP contribution is 2.35. The Bertz CT molecular complexity index is 2350. The van der Waals surface area contributed by atoms with E-state index in [9.17, 15) is 24.6 Å². The van der Waals surface area contributed by atoms with Gasteiger partial charge in [0.1, 0.15) is 17.8 Å². The number of amides is 3. The number of anilines is 1. The predicted molar refractivity (Wildman–Crippen MR) is 238 cm³/mol. The topological polar surface area (TPSA) is 187 Å². The smallest absolute Gasteiger partial charge is 0.246 e. The van der Waals surface area contributed by atoms with Gasteiger partial charge in [-0.3, -0.25) is 19.3 Å². The number of nitrogens with two attached hydrogens (primary N) is 1. The minimum Gasteiger partial charge on any atom is -0.507 e. The highest BCUT2D eigenvalue weighted by molar-refractivity contribution is 7.13. The van der Waals surface area contributed by atoms with E-state index in [-0.39, 0.29) is 42.5 Å². The van der Waals surface area contributed by atoms with E-state index in [1.807, 2.05) is 95.6 Å². The quantitative estimate of drug-likeness (QED) is 0.0987. The molecule has 3 aromatic carbocycles. The Hall–Kier alpha value is -5.70. The second-order valence-electron chi connectivity index (χ2n) is 17.5. The van der Waals surface area contributed by atoms with E-state index >= 15 is 0 Å². The zero-order chi connectivity index (χ0) is 43.6. The number of hydrogen-bond donors (Lipinski definition) is 5. The van der Waals surface area contributed by atoms with Crippen LogP contribution in [0.15, 0.2) is 84.4 Å². The summed E-state index contributed by atoms with van der Waals surface area (Å²) in [7, 11) is 0. The molecule has 320 valence electrons. The molecule has 1 unspecified atom stereocenters. The predicted octanol–water partition coefficient (Wildman–Crippen LogP) is 6.47. The number of phenols is 1. The van der Waals surface area contributed by atoms with Gasteiger partial charge in [0.05, 0.1) is 40.0 Å². The molecule has 2 fully saturated rings. The summed E-state index contributed by atoms with van der Waals surface area (Å²) in [6, 6.07) is 22.5. The molecule has 0 spiro atoms. The molecule has 2 aromatic heterocycles. The SMILES string of the molecule is Cc1ncsc1-c1ccc([C@H](C)NC(=O)[C@@H]2C[C@@H](O)CN2C(=O)[C@@H](NC(=O)C(C)N2CCC(c3ccc(-c4cc(-c5ccccc5O)nnc4N)cc3)CC2)C(C)(C)C)cc1. The first-order chi connectivity index (χ1) is 29.1. The van der Waals surface area contributed by atoms with Gasteiger partial charge in [0.25, 0.3) is 0 Å². The number of piperidine rings is 1. The molecule has 61 heavy (non-hydrogen) atoms. The molecule has 0 radical (unpaired) electrons. The lowest BCUT2D eigenvalue weighted by Crippen LogP contribution is -2.60. The normalized spacial score (nSPS) is 19.0. The van der Waals surface area contributed by atoms with E-state index in [4.69, 9.17) is 5.73 Å². The maximum atomic E-state index is 14.3. The van der Waals surface area contributed by atoms with Crippen LogP contribution in [0.4, 0.5) is 5.82 Å². The van der Waals surface area contributed by atoms with E-state index in [1.54, 1.807) is 29.5 Å². The number of phenolic OH excluding ortho intramolecular Hbond substituents is 1. The van der Waals surface area contributed by atoms with Crippen molar-refractivity contribution in [3.8, 4) is 38.6 Å². The fourth-order valence-corrected chi connectivity index (χ4v) is 9.26. The zero-order valence-corrected chi connectivity index (χ0v) is 36.4. The molecule has 2 aliphatic rings. The highest BCUT2D eigenvalue weighted by Gasteiger charge is 2.45. The van der Waals surface area contributed by atoms with Crippen molar-refractivity contribution in [2.24, 2.45) is 5.41 Å². The molecule has 14 heteroatoms. The van der Waals surface area contributed by atoms with Crippen molar-refractivity contribution >= 4 is 34.9 Å². The summed E-state index contributed by atoms with van der Waals surface area (Å²) in [4.78, 5) is 51.0. The molecule has 5 aromatic rings. The number of nitrogens with zero attached hydrogens (tertiary/aromatic N) is 5. The third kappa shape index (κ3) is 9.61. The first kappa shape index (κ1) is 43.4. The summed E-state index contributed by atoms with van der Waals surface area (Å²) in [5, 5.41) is 35.6. The van der Waals surface area contributed by atoms with E-state index < -0.39 is 29.6 Å². The molecule has 2 aliphatic heterocycles. The second kappa shape index (κ2) is 18.1. The van der Waals surface area contributed by atoms with Crippen molar-refractivity contribution < 1.29 is 24.6 Å². The van der Waals surface area contributed by atoms with Crippen LogP contribution in [-0.4, -0.2) is 96.8 Å². The van der Waals surface area contributed by atoms with Crippen molar-refractivity contribution in [2.45, 2.75) is 97.0 Å². The molecule has 7 rings (SSSR count). The Morgan fingerprint density at radius 2 is 1.57 bits per heavy atom. The van der Waals surface area contributed by atoms with Crippen LogP contribution in [0.1, 0.15) is 82.7 Å². The second-order valence-corrected chi connectivity index (χ2v) is 18.3. The number of likely N-dealkylation sites (tertiary alicyclic amines) is 2. The first-order valence-corrected chi connectivity index (χ1v) is 21.8. The Kier molecular flexibility index (Phi) is 12.9. The number of aromatic hydroxyl groups is 1. The Balaban J connectivity index is 0.951. The van der Waals surface area contributed by atoms with Gasteiger partial charge in [-0.05, 0) is 98.5 Å². The molecule has 13 nitrogen and oxygen atoms in total. The van der Waals surface area contributed by atoms with Crippen LogP contribution in [0.5, 0.6) is 5.75 Å². The van der Waals surface area contributed by atoms with Crippen LogP contribution in [0.2, 0.25) is 0 Å². The number of nitrogen functional groups attached to an aromatic ring is 1.